The summed E-state index contributed by atoms with van der Waals surface area (Å²) in [6, 6.07) is 4.15. The molecule has 0 aromatic carbocycles. The molecule has 1 saturated heterocycles. The van der Waals surface area contributed by atoms with E-state index in [0.717, 1.165) is 12.8 Å². The highest BCUT2D eigenvalue weighted by molar-refractivity contribution is 5.94. The third kappa shape index (κ3) is 2.07. The van der Waals surface area contributed by atoms with Crippen LogP contribution in [-0.4, -0.2) is 42.9 Å². The van der Waals surface area contributed by atoms with E-state index in [0.29, 0.717) is 23.3 Å². The SMILES string of the molecule is CC1CCCC(C)N1C(=O)c1ccc2nnnn2c1. The standard InChI is InChI=1S/C13H17N5O/c1-9-4-3-5-10(2)18(9)13(19)11-6-7-12-14-15-16-17(12)8-11/h6-10H,3-5H2,1-2H3. The van der Waals surface area contributed by atoms with Crippen molar-refractivity contribution in [1.82, 2.24) is 24.9 Å². The minimum atomic E-state index is 0.0668. The fourth-order valence-corrected chi connectivity index (χ4v) is 2.84. The molecule has 2 atom stereocenters. The Hall–Kier alpha value is -1.98. The zero-order valence-corrected chi connectivity index (χ0v) is 11.2. The molecule has 2 aromatic heterocycles. The second kappa shape index (κ2) is 4.60. The van der Waals surface area contributed by atoms with Crippen molar-refractivity contribution in [3.8, 4) is 0 Å². The smallest absolute Gasteiger partial charge is 0.255 e. The van der Waals surface area contributed by atoms with Crippen LogP contribution in [0.3, 0.4) is 0 Å². The topological polar surface area (TPSA) is 63.4 Å². The van der Waals surface area contributed by atoms with Crippen molar-refractivity contribution in [1.29, 1.82) is 0 Å². The summed E-state index contributed by atoms with van der Waals surface area (Å²) in [4.78, 5) is 14.6. The van der Waals surface area contributed by atoms with Crippen LogP contribution in [0, 0.1) is 0 Å². The van der Waals surface area contributed by atoms with Crippen LogP contribution in [0.5, 0.6) is 0 Å². The van der Waals surface area contributed by atoms with E-state index in [2.05, 4.69) is 29.4 Å². The van der Waals surface area contributed by atoms with Gasteiger partial charge in [-0.2, -0.15) is 4.52 Å². The van der Waals surface area contributed by atoms with E-state index in [1.165, 1.54) is 10.9 Å². The van der Waals surface area contributed by atoms with Crippen LogP contribution in [0.2, 0.25) is 0 Å². The fourth-order valence-electron chi connectivity index (χ4n) is 2.84. The van der Waals surface area contributed by atoms with Crippen molar-refractivity contribution in [2.24, 2.45) is 0 Å². The molecule has 0 N–H and O–H groups in total. The second-order valence-corrected chi connectivity index (χ2v) is 5.24. The Labute approximate surface area is 111 Å². The Bertz CT molecular complexity index is 598. The van der Waals surface area contributed by atoms with Gasteiger partial charge in [0.25, 0.3) is 5.91 Å². The number of pyridine rings is 1. The molecule has 3 heterocycles. The van der Waals surface area contributed by atoms with Crippen molar-refractivity contribution in [2.45, 2.75) is 45.2 Å². The average molecular weight is 259 g/mol. The molecule has 1 amide bonds. The monoisotopic (exact) mass is 259 g/mol. The third-order valence-corrected chi connectivity index (χ3v) is 3.87. The molecule has 1 aliphatic rings. The normalized spacial score (nSPS) is 23.8. The summed E-state index contributed by atoms with van der Waals surface area (Å²) in [5.41, 5.74) is 1.29. The zero-order chi connectivity index (χ0) is 13.4. The van der Waals surface area contributed by atoms with E-state index >= 15 is 0 Å². The Morgan fingerprint density at radius 1 is 1.26 bits per heavy atom. The third-order valence-electron chi connectivity index (χ3n) is 3.87. The number of piperidine rings is 1. The van der Waals surface area contributed by atoms with Crippen molar-refractivity contribution in [2.75, 3.05) is 0 Å². The maximum atomic E-state index is 12.6. The van der Waals surface area contributed by atoms with Crippen LogP contribution < -0.4 is 0 Å². The molecule has 1 aliphatic heterocycles. The van der Waals surface area contributed by atoms with Crippen LogP contribution in [0.1, 0.15) is 43.5 Å². The lowest BCUT2D eigenvalue weighted by molar-refractivity contribution is 0.0510. The minimum Gasteiger partial charge on any atom is -0.333 e. The first kappa shape index (κ1) is 12.1. The lowest BCUT2D eigenvalue weighted by atomic mass is 9.96. The average Bonchev–Trinajstić information content (AvgIpc) is 2.85. The molecule has 0 bridgehead atoms. The summed E-state index contributed by atoms with van der Waals surface area (Å²) in [5.74, 6) is 0.0668. The molecule has 0 aliphatic carbocycles. The highest BCUT2D eigenvalue weighted by atomic mass is 16.2. The van der Waals surface area contributed by atoms with E-state index < -0.39 is 0 Å². The van der Waals surface area contributed by atoms with Gasteiger partial charge in [0.2, 0.25) is 0 Å². The van der Waals surface area contributed by atoms with Crippen molar-refractivity contribution in [3.63, 3.8) is 0 Å². The van der Waals surface area contributed by atoms with Gasteiger partial charge in [-0.15, -0.1) is 5.10 Å². The van der Waals surface area contributed by atoms with E-state index in [-0.39, 0.29) is 5.91 Å². The van der Waals surface area contributed by atoms with Gasteiger partial charge in [0.05, 0.1) is 5.56 Å². The van der Waals surface area contributed by atoms with E-state index in [9.17, 15) is 4.79 Å². The van der Waals surface area contributed by atoms with Gasteiger partial charge in [0, 0.05) is 18.3 Å². The first-order valence-electron chi connectivity index (χ1n) is 6.67. The fraction of sp³-hybridized carbons (Fsp3) is 0.538. The number of rotatable bonds is 1. The summed E-state index contributed by atoms with van der Waals surface area (Å²) in [6.07, 6.45) is 5.04. The number of hydrogen-bond donors (Lipinski definition) is 0. The number of aromatic nitrogens is 4. The molecule has 6 heteroatoms. The van der Waals surface area contributed by atoms with E-state index in [4.69, 9.17) is 0 Å². The Kier molecular flexibility index (Phi) is 2.93. The molecule has 0 saturated carbocycles. The second-order valence-electron chi connectivity index (χ2n) is 5.24. The van der Waals surface area contributed by atoms with Gasteiger partial charge in [0.1, 0.15) is 0 Å². The predicted molar refractivity (Wildman–Crippen MR) is 69.7 cm³/mol. The molecule has 19 heavy (non-hydrogen) atoms. The van der Waals surface area contributed by atoms with Crippen molar-refractivity contribution < 1.29 is 4.79 Å². The number of carbonyl (C=O) groups is 1. The molecule has 3 rings (SSSR count). The van der Waals surface area contributed by atoms with Gasteiger partial charge >= 0.3 is 0 Å². The number of likely N-dealkylation sites (tertiary alicyclic amines) is 1. The number of amides is 1. The van der Waals surface area contributed by atoms with Crippen molar-refractivity contribution in [3.05, 3.63) is 23.9 Å². The molecule has 2 unspecified atom stereocenters. The van der Waals surface area contributed by atoms with Crippen LogP contribution in [-0.2, 0) is 0 Å². The van der Waals surface area contributed by atoms with Gasteiger partial charge in [-0.25, -0.2) is 0 Å². The number of hydrogen-bond acceptors (Lipinski definition) is 4. The molecule has 1 fully saturated rings. The highest BCUT2D eigenvalue weighted by Gasteiger charge is 2.29. The minimum absolute atomic E-state index is 0.0668. The van der Waals surface area contributed by atoms with Gasteiger partial charge in [-0.05, 0) is 55.7 Å². The lowest BCUT2D eigenvalue weighted by Gasteiger charge is -2.39. The van der Waals surface area contributed by atoms with Crippen LogP contribution in [0.15, 0.2) is 18.3 Å². The Balaban J connectivity index is 1.93. The van der Waals surface area contributed by atoms with Crippen molar-refractivity contribution >= 4 is 11.6 Å². The summed E-state index contributed by atoms with van der Waals surface area (Å²) in [6.45, 7) is 4.23. The Morgan fingerprint density at radius 3 is 2.74 bits per heavy atom. The largest absolute Gasteiger partial charge is 0.333 e. The molecule has 0 spiro atoms. The van der Waals surface area contributed by atoms with Gasteiger partial charge < -0.3 is 4.90 Å². The van der Waals surface area contributed by atoms with E-state index in [1.807, 2.05) is 4.90 Å². The molecule has 100 valence electrons. The van der Waals surface area contributed by atoms with Crippen LogP contribution in [0.4, 0.5) is 0 Å². The van der Waals surface area contributed by atoms with Crippen LogP contribution >= 0.6 is 0 Å². The van der Waals surface area contributed by atoms with Gasteiger partial charge in [-0.1, -0.05) is 0 Å². The van der Waals surface area contributed by atoms with Crippen LogP contribution in [0.25, 0.3) is 5.65 Å². The maximum absolute atomic E-state index is 12.6. The number of carbonyl (C=O) groups excluding carboxylic acids is 1. The molecular weight excluding hydrogens is 242 g/mol. The number of fused-ring (bicyclic) bond motifs is 1. The Morgan fingerprint density at radius 2 is 2.00 bits per heavy atom. The summed E-state index contributed by atoms with van der Waals surface area (Å²) in [7, 11) is 0. The summed E-state index contributed by atoms with van der Waals surface area (Å²) >= 11 is 0. The number of nitrogens with zero attached hydrogens (tertiary/aromatic N) is 5. The lowest BCUT2D eigenvalue weighted by Crippen LogP contribution is -2.47. The molecule has 6 nitrogen and oxygen atoms in total. The molecular formula is C13H17N5O. The maximum Gasteiger partial charge on any atom is 0.255 e. The van der Waals surface area contributed by atoms with Gasteiger partial charge in [0.15, 0.2) is 5.65 Å². The quantitative estimate of drug-likeness (QED) is 0.779. The summed E-state index contributed by atoms with van der Waals surface area (Å²) < 4.78 is 1.53. The zero-order valence-electron chi connectivity index (χ0n) is 11.2. The first-order chi connectivity index (χ1) is 9.16. The van der Waals surface area contributed by atoms with E-state index in [1.54, 1.807) is 18.3 Å². The first-order valence-corrected chi connectivity index (χ1v) is 6.67. The van der Waals surface area contributed by atoms with Gasteiger partial charge in [-0.3, -0.25) is 4.79 Å². The predicted octanol–water partition coefficient (Wildman–Crippen LogP) is 1.53. The number of tetrazole rings is 1. The highest BCUT2D eigenvalue weighted by Crippen LogP contribution is 2.24. The summed E-state index contributed by atoms with van der Waals surface area (Å²) in [5, 5.41) is 11.3. The molecule has 2 aromatic rings. The molecule has 0 radical (unpaired) electrons.